The molecular formula is C10H18FNO3. The number of rotatable bonds is 3. The Balaban J connectivity index is 2.44. The summed E-state index contributed by atoms with van der Waals surface area (Å²) in [6.45, 7) is 3.65. The quantitative estimate of drug-likeness (QED) is 0.744. The van der Waals surface area contributed by atoms with Crippen LogP contribution in [-0.4, -0.2) is 54.0 Å². The van der Waals surface area contributed by atoms with Crippen molar-refractivity contribution in [1.82, 2.24) is 4.90 Å². The van der Waals surface area contributed by atoms with Gasteiger partial charge in [-0.05, 0) is 20.3 Å². The van der Waals surface area contributed by atoms with Gasteiger partial charge in [0, 0.05) is 6.54 Å². The van der Waals surface area contributed by atoms with Gasteiger partial charge in [0.05, 0.1) is 18.8 Å². The van der Waals surface area contributed by atoms with Crippen molar-refractivity contribution in [2.45, 2.75) is 38.6 Å². The lowest BCUT2D eigenvalue weighted by atomic mass is 10.1. The van der Waals surface area contributed by atoms with Crippen molar-refractivity contribution in [3.63, 3.8) is 0 Å². The maximum Gasteiger partial charge on any atom is 0.248 e. The maximum absolute atomic E-state index is 13.6. The number of alkyl halides is 1. The van der Waals surface area contributed by atoms with Gasteiger partial charge in [0.1, 0.15) is 12.8 Å². The molecule has 0 bridgehead atoms. The van der Waals surface area contributed by atoms with Gasteiger partial charge in [0.15, 0.2) is 0 Å². The molecule has 5 heteroatoms. The van der Waals surface area contributed by atoms with E-state index in [1.54, 1.807) is 0 Å². The molecule has 1 aliphatic heterocycles. The van der Waals surface area contributed by atoms with E-state index in [1.165, 1.54) is 4.90 Å². The first-order valence-electron chi connectivity index (χ1n) is 5.22. The molecule has 0 saturated carbocycles. The number of hydrogen-bond acceptors (Lipinski definition) is 3. The predicted octanol–water partition coefficient (Wildman–Crippen LogP) is 0.343. The Morgan fingerprint density at radius 1 is 1.67 bits per heavy atom. The predicted molar refractivity (Wildman–Crippen MR) is 53.2 cm³/mol. The standard InChI is InChI=1S/C10H18FNO3/c1-7(2)15-9-3-4-12(5-8(9)11)10(14)6-13/h7-9,13H,3-6H2,1-2H3/t8-,9+/m1/s1. The molecule has 0 aromatic heterocycles. The number of piperidine rings is 1. The van der Waals surface area contributed by atoms with Crippen LogP contribution in [-0.2, 0) is 9.53 Å². The Morgan fingerprint density at radius 2 is 2.33 bits per heavy atom. The zero-order valence-corrected chi connectivity index (χ0v) is 9.15. The highest BCUT2D eigenvalue weighted by atomic mass is 19.1. The fraction of sp³-hybridized carbons (Fsp3) is 0.900. The number of aliphatic hydroxyl groups excluding tert-OH is 1. The normalized spacial score (nSPS) is 27.1. The van der Waals surface area contributed by atoms with Crippen molar-refractivity contribution in [1.29, 1.82) is 0 Å². The van der Waals surface area contributed by atoms with Crippen LogP contribution in [0.2, 0.25) is 0 Å². The summed E-state index contributed by atoms with van der Waals surface area (Å²) in [5.41, 5.74) is 0. The van der Waals surface area contributed by atoms with E-state index in [1.807, 2.05) is 13.8 Å². The van der Waals surface area contributed by atoms with Crippen LogP contribution in [0, 0.1) is 0 Å². The van der Waals surface area contributed by atoms with Crippen LogP contribution in [0.25, 0.3) is 0 Å². The largest absolute Gasteiger partial charge is 0.387 e. The third-order valence-electron chi connectivity index (χ3n) is 2.42. The fourth-order valence-corrected chi connectivity index (χ4v) is 1.71. The average molecular weight is 219 g/mol. The summed E-state index contributed by atoms with van der Waals surface area (Å²) in [5, 5.41) is 8.64. The highest BCUT2D eigenvalue weighted by Gasteiger charge is 2.32. The van der Waals surface area contributed by atoms with Crippen LogP contribution < -0.4 is 0 Å². The number of halogens is 1. The number of hydrogen-bond donors (Lipinski definition) is 1. The van der Waals surface area contributed by atoms with Gasteiger partial charge in [-0.15, -0.1) is 0 Å². The Morgan fingerprint density at radius 3 is 2.80 bits per heavy atom. The molecule has 15 heavy (non-hydrogen) atoms. The van der Waals surface area contributed by atoms with E-state index in [-0.39, 0.29) is 12.6 Å². The molecule has 0 aliphatic carbocycles. The third-order valence-corrected chi connectivity index (χ3v) is 2.42. The van der Waals surface area contributed by atoms with Crippen molar-refractivity contribution >= 4 is 5.91 Å². The van der Waals surface area contributed by atoms with E-state index in [9.17, 15) is 9.18 Å². The second-order valence-corrected chi connectivity index (χ2v) is 4.03. The second-order valence-electron chi connectivity index (χ2n) is 4.03. The summed E-state index contributed by atoms with van der Waals surface area (Å²) in [6.07, 6.45) is -1.09. The molecule has 0 radical (unpaired) electrons. The Kier molecular flexibility index (Phi) is 4.47. The summed E-state index contributed by atoms with van der Waals surface area (Å²) in [5.74, 6) is -0.416. The van der Waals surface area contributed by atoms with Gasteiger partial charge in [0.2, 0.25) is 5.91 Å². The number of nitrogens with zero attached hydrogens (tertiary/aromatic N) is 1. The van der Waals surface area contributed by atoms with Crippen molar-refractivity contribution in [2.24, 2.45) is 0 Å². The average Bonchev–Trinajstić information content (AvgIpc) is 2.19. The van der Waals surface area contributed by atoms with Crippen LogP contribution in [0.15, 0.2) is 0 Å². The molecule has 4 nitrogen and oxygen atoms in total. The molecule has 1 saturated heterocycles. The topological polar surface area (TPSA) is 49.8 Å². The van der Waals surface area contributed by atoms with E-state index < -0.39 is 24.8 Å². The van der Waals surface area contributed by atoms with Crippen LogP contribution in [0.4, 0.5) is 4.39 Å². The number of aliphatic hydroxyl groups is 1. The molecule has 0 aromatic carbocycles. The summed E-state index contributed by atoms with van der Waals surface area (Å²) in [7, 11) is 0. The SMILES string of the molecule is CC(C)O[C@H]1CCN(C(=O)CO)C[C@H]1F. The summed E-state index contributed by atoms with van der Waals surface area (Å²) < 4.78 is 18.9. The van der Waals surface area contributed by atoms with Gasteiger partial charge in [-0.3, -0.25) is 4.79 Å². The Labute approximate surface area is 89.0 Å². The van der Waals surface area contributed by atoms with Gasteiger partial charge in [0.25, 0.3) is 0 Å². The summed E-state index contributed by atoms with van der Waals surface area (Å²) in [4.78, 5) is 12.4. The van der Waals surface area contributed by atoms with Gasteiger partial charge >= 0.3 is 0 Å². The number of ether oxygens (including phenoxy) is 1. The van der Waals surface area contributed by atoms with Crippen LogP contribution >= 0.6 is 0 Å². The van der Waals surface area contributed by atoms with Crippen molar-refractivity contribution in [3.8, 4) is 0 Å². The lowest BCUT2D eigenvalue weighted by molar-refractivity contribution is -0.141. The van der Waals surface area contributed by atoms with Gasteiger partial charge in [-0.25, -0.2) is 4.39 Å². The second kappa shape index (κ2) is 5.42. The molecular weight excluding hydrogens is 201 g/mol. The molecule has 1 fully saturated rings. The zero-order chi connectivity index (χ0) is 11.4. The van der Waals surface area contributed by atoms with E-state index in [4.69, 9.17) is 9.84 Å². The van der Waals surface area contributed by atoms with Crippen LogP contribution in [0.5, 0.6) is 0 Å². The number of amides is 1. The smallest absolute Gasteiger partial charge is 0.248 e. The van der Waals surface area contributed by atoms with E-state index >= 15 is 0 Å². The number of likely N-dealkylation sites (tertiary alicyclic amines) is 1. The first-order valence-corrected chi connectivity index (χ1v) is 5.22. The summed E-state index contributed by atoms with van der Waals surface area (Å²) in [6, 6.07) is 0. The van der Waals surface area contributed by atoms with Crippen molar-refractivity contribution in [3.05, 3.63) is 0 Å². The molecule has 88 valence electrons. The zero-order valence-electron chi connectivity index (χ0n) is 9.15. The first-order chi connectivity index (χ1) is 7.04. The van der Waals surface area contributed by atoms with Crippen molar-refractivity contribution < 1.29 is 19.0 Å². The minimum absolute atomic E-state index is 0.00616. The summed E-state index contributed by atoms with van der Waals surface area (Å²) >= 11 is 0. The molecule has 1 amide bonds. The molecule has 1 heterocycles. The molecule has 0 unspecified atom stereocenters. The lowest BCUT2D eigenvalue weighted by Crippen LogP contribution is -2.49. The number of carbonyl (C=O) groups is 1. The highest BCUT2D eigenvalue weighted by Crippen LogP contribution is 2.18. The molecule has 1 aliphatic rings. The lowest BCUT2D eigenvalue weighted by Gasteiger charge is -2.35. The maximum atomic E-state index is 13.6. The Bertz CT molecular complexity index is 223. The molecule has 0 aromatic rings. The molecule has 0 spiro atoms. The van der Waals surface area contributed by atoms with E-state index in [2.05, 4.69) is 0 Å². The Hall–Kier alpha value is -0.680. The van der Waals surface area contributed by atoms with Crippen LogP contribution in [0.1, 0.15) is 20.3 Å². The van der Waals surface area contributed by atoms with Gasteiger partial charge in [-0.2, -0.15) is 0 Å². The molecule has 1 rings (SSSR count). The van der Waals surface area contributed by atoms with E-state index in [0.29, 0.717) is 13.0 Å². The first kappa shape index (κ1) is 12.4. The molecule has 2 atom stereocenters. The monoisotopic (exact) mass is 219 g/mol. The van der Waals surface area contributed by atoms with Gasteiger partial charge in [-0.1, -0.05) is 0 Å². The minimum Gasteiger partial charge on any atom is -0.387 e. The highest BCUT2D eigenvalue weighted by molar-refractivity contribution is 5.77. The fourth-order valence-electron chi connectivity index (χ4n) is 1.71. The third kappa shape index (κ3) is 3.43. The van der Waals surface area contributed by atoms with Crippen molar-refractivity contribution in [2.75, 3.05) is 19.7 Å². The number of carbonyl (C=O) groups excluding carboxylic acids is 1. The van der Waals surface area contributed by atoms with Crippen LogP contribution in [0.3, 0.4) is 0 Å². The van der Waals surface area contributed by atoms with E-state index in [0.717, 1.165) is 0 Å². The molecule has 1 N–H and O–H groups in total. The minimum atomic E-state index is -1.16. The van der Waals surface area contributed by atoms with Gasteiger partial charge < -0.3 is 14.7 Å².